The monoisotopic (exact) mass is 273 g/mol. The summed E-state index contributed by atoms with van der Waals surface area (Å²) in [7, 11) is 1.73. The predicted octanol–water partition coefficient (Wildman–Crippen LogP) is 0.351. The van der Waals surface area contributed by atoms with Crippen LogP contribution in [0.5, 0.6) is 0 Å². The van der Waals surface area contributed by atoms with Crippen LogP contribution in [0.25, 0.3) is 11.0 Å². The lowest BCUT2D eigenvalue weighted by atomic mass is 10.4. The van der Waals surface area contributed by atoms with E-state index in [1.807, 2.05) is 30.8 Å². The number of nitrogens with zero attached hydrogens (tertiary/aromatic N) is 7. The highest BCUT2D eigenvalue weighted by Gasteiger charge is 2.11. The van der Waals surface area contributed by atoms with E-state index in [4.69, 9.17) is 0 Å². The molecule has 8 nitrogen and oxygen atoms in total. The molecule has 0 aliphatic carbocycles. The number of aromatic nitrogens is 7. The molecule has 0 aromatic carbocycles. The molecule has 0 bridgehead atoms. The van der Waals surface area contributed by atoms with Crippen molar-refractivity contribution in [2.24, 2.45) is 7.05 Å². The van der Waals surface area contributed by atoms with E-state index < -0.39 is 0 Å². The highest BCUT2D eigenvalue weighted by Crippen LogP contribution is 2.06. The zero-order valence-electron chi connectivity index (χ0n) is 11.6. The van der Waals surface area contributed by atoms with E-state index in [0.29, 0.717) is 17.6 Å². The van der Waals surface area contributed by atoms with Crippen molar-refractivity contribution in [3.8, 4) is 0 Å². The third-order valence-electron chi connectivity index (χ3n) is 3.12. The molecule has 0 aliphatic rings. The Morgan fingerprint density at radius 1 is 1.35 bits per heavy atom. The van der Waals surface area contributed by atoms with Crippen molar-refractivity contribution in [2.75, 3.05) is 0 Å². The molecule has 3 aromatic heterocycles. The predicted molar refractivity (Wildman–Crippen MR) is 72.3 cm³/mol. The van der Waals surface area contributed by atoms with Crippen LogP contribution in [0, 0.1) is 0 Å². The van der Waals surface area contributed by atoms with E-state index >= 15 is 0 Å². The summed E-state index contributed by atoms with van der Waals surface area (Å²) < 4.78 is 4.68. The lowest BCUT2D eigenvalue weighted by Gasteiger charge is -2.04. The summed E-state index contributed by atoms with van der Waals surface area (Å²) >= 11 is 0. The van der Waals surface area contributed by atoms with Crippen LogP contribution in [-0.2, 0) is 13.6 Å². The van der Waals surface area contributed by atoms with Crippen molar-refractivity contribution in [2.45, 2.75) is 26.4 Å². The molecule has 3 rings (SSSR count). The Morgan fingerprint density at radius 3 is 2.85 bits per heavy atom. The van der Waals surface area contributed by atoms with E-state index in [2.05, 4.69) is 20.5 Å². The molecule has 104 valence electrons. The minimum atomic E-state index is -0.206. The zero-order valence-corrected chi connectivity index (χ0v) is 11.6. The largest absolute Gasteiger partial charge is 0.281 e. The van der Waals surface area contributed by atoms with Gasteiger partial charge in [-0.25, -0.2) is 9.36 Å². The fourth-order valence-corrected chi connectivity index (χ4v) is 1.98. The second-order valence-corrected chi connectivity index (χ2v) is 4.94. The van der Waals surface area contributed by atoms with Gasteiger partial charge in [0, 0.05) is 19.3 Å². The van der Waals surface area contributed by atoms with Crippen LogP contribution in [0.15, 0.2) is 23.3 Å². The van der Waals surface area contributed by atoms with Gasteiger partial charge in [0.05, 0.1) is 18.4 Å². The average molecular weight is 273 g/mol. The van der Waals surface area contributed by atoms with Crippen molar-refractivity contribution in [3.05, 3.63) is 34.5 Å². The third-order valence-corrected chi connectivity index (χ3v) is 3.12. The molecule has 0 amide bonds. The average Bonchev–Trinajstić information content (AvgIpc) is 3.01. The van der Waals surface area contributed by atoms with Gasteiger partial charge in [-0.1, -0.05) is 5.21 Å². The maximum absolute atomic E-state index is 12.3. The Morgan fingerprint density at radius 2 is 2.15 bits per heavy atom. The fourth-order valence-electron chi connectivity index (χ4n) is 1.98. The first-order valence-corrected chi connectivity index (χ1v) is 6.36. The lowest BCUT2D eigenvalue weighted by molar-refractivity contribution is 0.514. The van der Waals surface area contributed by atoms with Gasteiger partial charge >= 0.3 is 0 Å². The smallest absolute Gasteiger partial charge is 0.270 e. The first-order valence-electron chi connectivity index (χ1n) is 6.36. The molecule has 3 heterocycles. The number of fused-ring (bicyclic) bond motifs is 1. The minimum absolute atomic E-state index is 0.206. The Hall–Kier alpha value is -2.51. The summed E-state index contributed by atoms with van der Waals surface area (Å²) in [5, 5.41) is 16.8. The Kier molecular flexibility index (Phi) is 2.85. The normalized spacial score (nSPS) is 11.6. The maximum Gasteiger partial charge on any atom is 0.281 e. The van der Waals surface area contributed by atoms with Crippen LogP contribution < -0.4 is 5.56 Å². The molecule has 0 fully saturated rings. The zero-order chi connectivity index (χ0) is 14.3. The van der Waals surface area contributed by atoms with Gasteiger partial charge in [-0.3, -0.25) is 9.48 Å². The molecule has 3 aromatic rings. The second-order valence-electron chi connectivity index (χ2n) is 4.94. The molecule has 0 saturated carbocycles. The Bertz CT molecular complexity index is 811. The van der Waals surface area contributed by atoms with Gasteiger partial charge in [0.25, 0.3) is 5.56 Å². The standard InChI is InChI=1S/C12H15N7O/c1-8(2)18-5-4-9(15-18)7-19-12(20)10-6-13-17(3)11(10)14-16-19/h4-6,8H,7H2,1-3H3. The van der Waals surface area contributed by atoms with E-state index in [0.717, 1.165) is 5.69 Å². The molecule has 0 N–H and O–H groups in total. The van der Waals surface area contributed by atoms with Crippen LogP contribution in [0.4, 0.5) is 0 Å². The first-order chi connectivity index (χ1) is 9.56. The number of hydrogen-bond acceptors (Lipinski definition) is 5. The molecule has 20 heavy (non-hydrogen) atoms. The van der Waals surface area contributed by atoms with Crippen molar-refractivity contribution < 1.29 is 0 Å². The van der Waals surface area contributed by atoms with Crippen LogP contribution in [0.2, 0.25) is 0 Å². The van der Waals surface area contributed by atoms with Gasteiger partial charge in [0.2, 0.25) is 0 Å². The van der Waals surface area contributed by atoms with Gasteiger partial charge in [-0.2, -0.15) is 10.2 Å². The van der Waals surface area contributed by atoms with E-state index in [1.165, 1.54) is 15.6 Å². The number of aryl methyl sites for hydroxylation is 1. The van der Waals surface area contributed by atoms with E-state index in [1.54, 1.807) is 7.05 Å². The van der Waals surface area contributed by atoms with Crippen molar-refractivity contribution in [1.82, 2.24) is 34.6 Å². The van der Waals surface area contributed by atoms with Gasteiger partial charge in [-0.05, 0) is 19.9 Å². The minimum Gasteiger partial charge on any atom is -0.270 e. The van der Waals surface area contributed by atoms with E-state index in [-0.39, 0.29) is 11.6 Å². The molecule has 0 spiro atoms. The fraction of sp³-hybridized carbons (Fsp3) is 0.417. The van der Waals surface area contributed by atoms with Gasteiger partial charge in [0.15, 0.2) is 5.65 Å². The lowest BCUT2D eigenvalue weighted by Crippen LogP contribution is -2.25. The van der Waals surface area contributed by atoms with Crippen molar-refractivity contribution in [1.29, 1.82) is 0 Å². The molecule has 8 heteroatoms. The summed E-state index contributed by atoms with van der Waals surface area (Å²) in [6.07, 6.45) is 3.40. The van der Waals surface area contributed by atoms with Crippen LogP contribution in [0.1, 0.15) is 25.6 Å². The molecular weight excluding hydrogens is 258 g/mol. The van der Waals surface area contributed by atoms with Gasteiger partial charge in [0.1, 0.15) is 5.39 Å². The summed E-state index contributed by atoms with van der Waals surface area (Å²) in [5.41, 5.74) is 1.06. The highest BCUT2D eigenvalue weighted by atomic mass is 16.1. The van der Waals surface area contributed by atoms with Crippen LogP contribution in [-0.4, -0.2) is 34.6 Å². The molecule has 0 aliphatic heterocycles. The number of rotatable bonds is 3. The molecular formula is C12H15N7O. The Labute approximate surface area is 114 Å². The summed E-state index contributed by atoms with van der Waals surface area (Å²) in [6.45, 7) is 4.39. The SMILES string of the molecule is CC(C)n1ccc(Cn2nnc3c(cnn3C)c2=O)n1. The maximum atomic E-state index is 12.3. The van der Waals surface area contributed by atoms with Gasteiger partial charge < -0.3 is 0 Å². The van der Waals surface area contributed by atoms with Crippen molar-refractivity contribution >= 4 is 11.0 Å². The quantitative estimate of drug-likeness (QED) is 0.687. The molecule has 0 atom stereocenters. The first kappa shape index (κ1) is 12.5. The van der Waals surface area contributed by atoms with Crippen LogP contribution >= 0.6 is 0 Å². The Balaban J connectivity index is 1.98. The molecule has 0 radical (unpaired) electrons. The molecule has 0 unspecified atom stereocenters. The second kappa shape index (κ2) is 4.55. The van der Waals surface area contributed by atoms with Crippen LogP contribution in [0.3, 0.4) is 0 Å². The third kappa shape index (κ3) is 1.98. The van der Waals surface area contributed by atoms with Gasteiger partial charge in [-0.15, -0.1) is 5.10 Å². The summed E-state index contributed by atoms with van der Waals surface area (Å²) in [6, 6.07) is 2.16. The molecule has 0 saturated heterocycles. The number of hydrogen-bond donors (Lipinski definition) is 0. The van der Waals surface area contributed by atoms with E-state index in [9.17, 15) is 4.79 Å². The topological polar surface area (TPSA) is 83.4 Å². The summed E-state index contributed by atoms with van der Waals surface area (Å²) in [5.74, 6) is 0. The highest BCUT2D eigenvalue weighted by molar-refractivity contribution is 5.72. The summed E-state index contributed by atoms with van der Waals surface area (Å²) in [4.78, 5) is 12.3. The van der Waals surface area contributed by atoms with Crippen molar-refractivity contribution in [3.63, 3.8) is 0 Å².